The second-order valence-electron chi connectivity index (χ2n) is 7.43. The van der Waals surface area contributed by atoms with Crippen LogP contribution in [0.15, 0.2) is 24.4 Å². The maximum atomic E-state index is 12.3. The minimum absolute atomic E-state index is 0.134. The summed E-state index contributed by atoms with van der Waals surface area (Å²) in [6.45, 7) is 7.42. The molecule has 2 aromatic rings. The van der Waals surface area contributed by atoms with Crippen LogP contribution in [-0.4, -0.2) is 52.3 Å². The molecular weight excluding hydrogens is 314 g/mol. The number of hydrogen-bond donors (Lipinski definition) is 0. The van der Waals surface area contributed by atoms with Gasteiger partial charge in [0.15, 0.2) is 0 Å². The van der Waals surface area contributed by atoms with Crippen LogP contribution >= 0.6 is 0 Å². The lowest BCUT2D eigenvalue weighted by Gasteiger charge is -2.30. The van der Waals surface area contributed by atoms with Gasteiger partial charge in [0, 0.05) is 38.6 Å². The highest BCUT2D eigenvalue weighted by atomic mass is 16.2. The molecule has 0 N–H and O–H groups in total. The summed E-state index contributed by atoms with van der Waals surface area (Å²) in [5.41, 5.74) is 3.34. The normalized spacial score (nSPS) is 23.2. The van der Waals surface area contributed by atoms with Crippen molar-refractivity contribution in [1.82, 2.24) is 19.7 Å². The van der Waals surface area contributed by atoms with Gasteiger partial charge < -0.3 is 9.80 Å². The van der Waals surface area contributed by atoms with E-state index in [9.17, 15) is 4.79 Å². The molecule has 0 unspecified atom stereocenters. The number of piperidine rings is 1. The summed E-state index contributed by atoms with van der Waals surface area (Å²) >= 11 is 0. The Kier molecular flexibility index (Phi) is 3.98. The van der Waals surface area contributed by atoms with Crippen molar-refractivity contribution in [1.29, 1.82) is 0 Å². The Bertz CT molecular complexity index is 782. The SMILES string of the molecule is Cc1cc(C)n(Cc2ccc(N3C[C@H]4CCN(C)C(=O)[C@H]4C3)nc2)n1. The number of anilines is 1. The smallest absolute Gasteiger partial charge is 0.227 e. The van der Waals surface area contributed by atoms with Crippen molar-refractivity contribution in [2.24, 2.45) is 11.8 Å². The fourth-order valence-corrected chi connectivity index (χ4v) is 4.09. The zero-order valence-electron chi connectivity index (χ0n) is 15.1. The highest BCUT2D eigenvalue weighted by Gasteiger charge is 2.42. The summed E-state index contributed by atoms with van der Waals surface area (Å²) in [6.07, 6.45) is 3.03. The van der Waals surface area contributed by atoms with Crippen molar-refractivity contribution < 1.29 is 4.79 Å². The van der Waals surface area contributed by atoms with Gasteiger partial charge in [0.25, 0.3) is 0 Å². The zero-order valence-corrected chi connectivity index (χ0v) is 15.1. The lowest BCUT2D eigenvalue weighted by atomic mass is 9.88. The molecule has 2 fully saturated rings. The van der Waals surface area contributed by atoms with Gasteiger partial charge in [-0.1, -0.05) is 6.07 Å². The Morgan fingerprint density at radius 1 is 1.24 bits per heavy atom. The summed E-state index contributed by atoms with van der Waals surface area (Å²) in [5.74, 6) is 1.87. The molecule has 0 aromatic carbocycles. The van der Waals surface area contributed by atoms with Gasteiger partial charge in [0.1, 0.15) is 5.82 Å². The van der Waals surface area contributed by atoms with Crippen LogP contribution in [0.1, 0.15) is 23.4 Å². The number of aryl methyl sites for hydroxylation is 2. The van der Waals surface area contributed by atoms with E-state index in [1.165, 1.54) is 0 Å². The third-order valence-corrected chi connectivity index (χ3v) is 5.54. The molecule has 0 saturated carbocycles. The number of nitrogens with zero attached hydrogens (tertiary/aromatic N) is 5. The molecule has 2 atom stereocenters. The molecule has 1 amide bonds. The quantitative estimate of drug-likeness (QED) is 0.856. The third kappa shape index (κ3) is 3.01. The van der Waals surface area contributed by atoms with E-state index in [0.717, 1.165) is 55.4 Å². The molecule has 2 aromatic heterocycles. The van der Waals surface area contributed by atoms with Crippen molar-refractivity contribution in [3.05, 3.63) is 41.3 Å². The maximum Gasteiger partial charge on any atom is 0.227 e. The molecular formula is C19H25N5O. The van der Waals surface area contributed by atoms with Crippen LogP contribution in [0.5, 0.6) is 0 Å². The number of aromatic nitrogens is 3. The standard InChI is InChI=1S/C19H25N5O/c1-13-8-14(2)24(21-13)10-15-4-5-18(20-9-15)23-11-16-6-7-22(3)19(25)17(16)12-23/h4-5,8-9,16-17H,6-7,10-12H2,1-3H3/t16-,17+/m1/s1. The molecule has 6 nitrogen and oxygen atoms in total. The topological polar surface area (TPSA) is 54.3 Å². The van der Waals surface area contributed by atoms with Crippen molar-refractivity contribution >= 4 is 11.7 Å². The van der Waals surface area contributed by atoms with E-state index < -0.39 is 0 Å². The Morgan fingerprint density at radius 2 is 2.08 bits per heavy atom. The van der Waals surface area contributed by atoms with Gasteiger partial charge in [-0.3, -0.25) is 9.48 Å². The number of likely N-dealkylation sites (tertiary alicyclic amines) is 1. The van der Waals surface area contributed by atoms with E-state index in [-0.39, 0.29) is 5.92 Å². The molecule has 4 rings (SSSR count). The Labute approximate surface area is 148 Å². The Balaban J connectivity index is 1.46. The number of carbonyl (C=O) groups excluding carboxylic acids is 1. The van der Waals surface area contributed by atoms with E-state index in [2.05, 4.69) is 40.1 Å². The van der Waals surface area contributed by atoms with E-state index in [1.807, 2.05) is 29.7 Å². The van der Waals surface area contributed by atoms with Crippen molar-refractivity contribution in [2.45, 2.75) is 26.8 Å². The minimum atomic E-state index is 0.134. The van der Waals surface area contributed by atoms with Crippen LogP contribution in [0.25, 0.3) is 0 Å². The summed E-state index contributed by atoms with van der Waals surface area (Å²) in [7, 11) is 1.91. The van der Waals surface area contributed by atoms with Gasteiger partial charge in [-0.05, 0) is 43.9 Å². The Morgan fingerprint density at radius 3 is 2.76 bits per heavy atom. The number of amides is 1. The van der Waals surface area contributed by atoms with Gasteiger partial charge in [0.05, 0.1) is 18.2 Å². The fraction of sp³-hybridized carbons (Fsp3) is 0.526. The summed E-state index contributed by atoms with van der Waals surface area (Å²) in [5, 5.41) is 4.51. The highest BCUT2D eigenvalue weighted by Crippen LogP contribution is 2.33. The van der Waals surface area contributed by atoms with E-state index in [0.29, 0.717) is 11.8 Å². The van der Waals surface area contributed by atoms with Crippen molar-refractivity contribution in [3.63, 3.8) is 0 Å². The van der Waals surface area contributed by atoms with Crippen LogP contribution in [0, 0.1) is 25.7 Å². The third-order valence-electron chi connectivity index (χ3n) is 5.54. The number of pyridine rings is 1. The predicted molar refractivity (Wildman–Crippen MR) is 96.5 cm³/mol. The molecule has 0 aliphatic carbocycles. The molecule has 6 heteroatoms. The second-order valence-corrected chi connectivity index (χ2v) is 7.43. The number of fused-ring (bicyclic) bond motifs is 1. The molecule has 0 spiro atoms. The lowest BCUT2D eigenvalue weighted by molar-refractivity contribution is -0.137. The monoisotopic (exact) mass is 339 g/mol. The Hall–Kier alpha value is -2.37. The first kappa shape index (κ1) is 16.1. The van der Waals surface area contributed by atoms with Crippen LogP contribution in [0.2, 0.25) is 0 Å². The average molecular weight is 339 g/mol. The highest BCUT2D eigenvalue weighted by molar-refractivity contribution is 5.81. The van der Waals surface area contributed by atoms with Gasteiger partial charge in [-0.25, -0.2) is 4.98 Å². The average Bonchev–Trinajstić information content (AvgIpc) is 3.16. The van der Waals surface area contributed by atoms with E-state index >= 15 is 0 Å². The van der Waals surface area contributed by atoms with Gasteiger partial charge in [0.2, 0.25) is 5.91 Å². The number of carbonyl (C=O) groups is 1. The lowest BCUT2D eigenvalue weighted by Crippen LogP contribution is -2.42. The van der Waals surface area contributed by atoms with Gasteiger partial charge in [-0.2, -0.15) is 5.10 Å². The molecule has 2 saturated heterocycles. The largest absolute Gasteiger partial charge is 0.356 e. The first-order valence-corrected chi connectivity index (χ1v) is 8.97. The summed E-state index contributed by atoms with van der Waals surface area (Å²) in [4.78, 5) is 21.1. The molecule has 0 bridgehead atoms. The first-order chi connectivity index (χ1) is 12.0. The molecule has 2 aliphatic heterocycles. The molecule has 25 heavy (non-hydrogen) atoms. The van der Waals surface area contributed by atoms with E-state index in [4.69, 9.17) is 0 Å². The fourth-order valence-electron chi connectivity index (χ4n) is 4.09. The zero-order chi connectivity index (χ0) is 17.6. The molecule has 4 heterocycles. The maximum absolute atomic E-state index is 12.3. The van der Waals surface area contributed by atoms with Crippen molar-refractivity contribution in [2.75, 3.05) is 31.6 Å². The van der Waals surface area contributed by atoms with Gasteiger partial charge in [-0.15, -0.1) is 0 Å². The van der Waals surface area contributed by atoms with Crippen LogP contribution < -0.4 is 4.90 Å². The second kappa shape index (κ2) is 6.17. The van der Waals surface area contributed by atoms with Crippen LogP contribution in [-0.2, 0) is 11.3 Å². The molecule has 132 valence electrons. The van der Waals surface area contributed by atoms with Gasteiger partial charge >= 0.3 is 0 Å². The van der Waals surface area contributed by atoms with E-state index in [1.54, 1.807) is 0 Å². The number of rotatable bonds is 3. The predicted octanol–water partition coefficient (Wildman–Crippen LogP) is 1.86. The summed E-state index contributed by atoms with van der Waals surface area (Å²) < 4.78 is 2.00. The first-order valence-electron chi connectivity index (χ1n) is 8.97. The molecule has 0 radical (unpaired) electrons. The molecule has 2 aliphatic rings. The van der Waals surface area contributed by atoms with Crippen molar-refractivity contribution in [3.8, 4) is 0 Å². The van der Waals surface area contributed by atoms with Crippen LogP contribution in [0.4, 0.5) is 5.82 Å². The summed E-state index contributed by atoms with van der Waals surface area (Å²) in [6, 6.07) is 6.28. The number of hydrogen-bond acceptors (Lipinski definition) is 4. The minimum Gasteiger partial charge on any atom is -0.356 e. The van der Waals surface area contributed by atoms with Crippen LogP contribution in [0.3, 0.4) is 0 Å².